The van der Waals surface area contributed by atoms with Crippen molar-refractivity contribution in [3.05, 3.63) is 71.7 Å². The summed E-state index contributed by atoms with van der Waals surface area (Å²) >= 11 is 0. The highest BCUT2D eigenvalue weighted by molar-refractivity contribution is 6.06. The second kappa shape index (κ2) is 7.63. The van der Waals surface area contributed by atoms with Gasteiger partial charge < -0.3 is 18.5 Å². The molecule has 7 nitrogen and oxygen atoms in total. The van der Waals surface area contributed by atoms with Crippen LogP contribution >= 0.6 is 0 Å². The summed E-state index contributed by atoms with van der Waals surface area (Å²) in [5, 5.41) is 2.69. The third kappa shape index (κ3) is 3.64. The summed E-state index contributed by atoms with van der Waals surface area (Å²) in [4.78, 5) is 17.3. The van der Waals surface area contributed by atoms with Crippen LogP contribution in [0.3, 0.4) is 0 Å². The fourth-order valence-electron chi connectivity index (χ4n) is 3.54. The van der Waals surface area contributed by atoms with E-state index in [1.54, 1.807) is 34.9 Å². The molecule has 1 amide bonds. The van der Waals surface area contributed by atoms with Crippen LogP contribution in [0.1, 0.15) is 21.7 Å². The molecule has 1 aliphatic rings. The Kier molecular flexibility index (Phi) is 4.76. The molecule has 0 fully saturated rings. The van der Waals surface area contributed by atoms with Gasteiger partial charge in [0.2, 0.25) is 5.95 Å². The molecule has 0 aliphatic carbocycles. The van der Waals surface area contributed by atoms with Gasteiger partial charge in [0.15, 0.2) is 11.5 Å². The summed E-state index contributed by atoms with van der Waals surface area (Å²) in [6.45, 7) is 0.837. The molecule has 164 valence electrons. The standard InChI is InChI=1S/C22H16F3N3O4/c23-22(24,25)13-6-7-17-16(11-13)26-21(28(17)12-14-3-2-8-30-14)27-20(29)15-4-1-5-18-19(15)32-10-9-31-18/h1-8,11H,9-10,12H2,(H,26,27,29). The van der Waals surface area contributed by atoms with Crippen molar-refractivity contribution in [2.45, 2.75) is 12.7 Å². The van der Waals surface area contributed by atoms with E-state index in [0.29, 0.717) is 36.0 Å². The number of nitrogens with one attached hydrogen (secondary N) is 1. The smallest absolute Gasteiger partial charge is 0.416 e. The van der Waals surface area contributed by atoms with E-state index in [1.807, 2.05) is 0 Å². The molecular weight excluding hydrogens is 427 g/mol. The van der Waals surface area contributed by atoms with Gasteiger partial charge in [-0.15, -0.1) is 0 Å². The maximum atomic E-state index is 13.2. The Morgan fingerprint density at radius 1 is 1.09 bits per heavy atom. The lowest BCUT2D eigenvalue weighted by Crippen LogP contribution is -2.21. The number of aromatic nitrogens is 2. The molecule has 0 bridgehead atoms. The van der Waals surface area contributed by atoms with Gasteiger partial charge in [-0.3, -0.25) is 10.1 Å². The van der Waals surface area contributed by atoms with E-state index in [4.69, 9.17) is 13.9 Å². The second-order valence-electron chi connectivity index (χ2n) is 7.09. The van der Waals surface area contributed by atoms with E-state index in [9.17, 15) is 18.0 Å². The maximum Gasteiger partial charge on any atom is 0.416 e. The number of anilines is 1. The zero-order valence-corrected chi connectivity index (χ0v) is 16.5. The van der Waals surface area contributed by atoms with Gasteiger partial charge in [-0.2, -0.15) is 13.2 Å². The molecular formula is C22H16F3N3O4. The molecule has 3 heterocycles. The number of carbonyl (C=O) groups is 1. The van der Waals surface area contributed by atoms with E-state index >= 15 is 0 Å². The van der Waals surface area contributed by atoms with Gasteiger partial charge >= 0.3 is 6.18 Å². The number of furan rings is 1. The molecule has 5 rings (SSSR count). The summed E-state index contributed by atoms with van der Waals surface area (Å²) < 4.78 is 57.6. The number of hydrogen-bond donors (Lipinski definition) is 1. The Labute approximate surface area is 179 Å². The van der Waals surface area contributed by atoms with Gasteiger partial charge in [0.25, 0.3) is 5.91 Å². The Bertz CT molecular complexity index is 1300. The number of nitrogens with zero attached hydrogens (tertiary/aromatic N) is 2. The maximum absolute atomic E-state index is 13.2. The minimum atomic E-state index is -4.51. The molecule has 10 heteroatoms. The number of rotatable bonds is 4. The number of fused-ring (bicyclic) bond motifs is 2. The summed E-state index contributed by atoms with van der Waals surface area (Å²) in [6, 6.07) is 11.6. The number of halogens is 3. The van der Waals surface area contributed by atoms with E-state index in [2.05, 4.69) is 10.3 Å². The van der Waals surface area contributed by atoms with E-state index < -0.39 is 17.6 Å². The average Bonchev–Trinajstić information content (AvgIpc) is 3.41. The van der Waals surface area contributed by atoms with Crippen LogP contribution in [0.4, 0.5) is 19.1 Å². The molecule has 2 aromatic carbocycles. The first-order chi connectivity index (χ1) is 15.4. The molecule has 0 spiro atoms. The number of para-hydroxylation sites is 1. The molecule has 0 saturated heterocycles. The SMILES string of the molecule is O=C(Nc1nc2cc(C(F)(F)F)ccc2n1Cc1ccco1)c1cccc2c1OCCO2. The normalized spacial score (nSPS) is 13.3. The van der Waals surface area contributed by atoms with Crippen LogP contribution in [0.2, 0.25) is 0 Å². The van der Waals surface area contributed by atoms with E-state index in [0.717, 1.165) is 12.1 Å². The van der Waals surface area contributed by atoms with Crippen LogP contribution in [0.25, 0.3) is 11.0 Å². The van der Waals surface area contributed by atoms with Crippen molar-refractivity contribution >= 4 is 22.9 Å². The molecule has 0 unspecified atom stereocenters. The lowest BCUT2D eigenvalue weighted by Gasteiger charge is -2.20. The predicted octanol–water partition coefficient (Wildman–Crippen LogP) is 4.72. The van der Waals surface area contributed by atoms with E-state index in [1.165, 1.54) is 12.3 Å². The largest absolute Gasteiger partial charge is 0.486 e. The summed E-state index contributed by atoms with van der Waals surface area (Å²) in [5.74, 6) is 0.857. The molecule has 1 N–H and O–H groups in total. The van der Waals surface area contributed by atoms with Gasteiger partial charge in [-0.1, -0.05) is 6.07 Å². The van der Waals surface area contributed by atoms with Gasteiger partial charge in [-0.25, -0.2) is 4.98 Å². The third-order valence-corrected chi connectivity index (χ3v) is 5.01. The monoisotopic (exact) mass is 443 g/mol. The molecule has 2 aromatic heterocycles. The van der Waals surface area contributed by atoms with Crippen molar-refractivity contribution in [2.75, 3.05) is 18.5 Å². The highest BCUT2D eigenvalue weighted by Gasteiger charge is 2.31. The minimum Gasteiger partial charge on any atom is -0.486 e. The summed E-state index contributed by atoms with van der Waals surface area (Å²) in [7, 11) is 0. The Morgan fingerprint density at radius 2 is 1.94 bits per heavy atom. The number of hydrogen-bond acceptors (Lipinski definition) is 5. The zero-order chi connectivity index (χ0) is 22.3. The minimum absolute atomic E-state index is 0.0788. The Hall–Kier alpha value is -3.95. The second-order valence-corrected chi connectivity index (χ2v) is 7.09. The molecule has 0 atom stereocenters. The molecule has 1 aliphatic heterocycles. The van der Waals surface area contributed by atoms with Gasteiger partial charge in [0.1, 0.15) is 19.0 Å². The lowest BCUT2D eigenvalue weighted by molar-refractivity contribution is -0.137. The number of imidazole rings is 1. The van der Waals surface area contributed by atoms with Crippen molar-refractivity contribution in [3.8, 4) is 11.5 Å². The number of alkyl halides is 3. The Morgan fingerprint density at radius 3 is 2.72 bits per heavy atom. The van der Waals surface area contributed by atoms with Crippen molar-refractivity contribution < 1.29 is 31.9 Å². The summed E-state index contributed by atoms with van der Waals surface area (Å²) in [5.41, 5.74) is -0.0845. The molecule has 0 saturated carbocycles. The molecule has 0 radical (unpaired) electrons. The highest BCUT2D eigenvalue weighted by atomic mass is 19.4. The first kappa shape index (κ1) is 20.0. The fourth-order valence-corrected chi connectivity index (χ4v) is 3.54. The summed E-state index contributed by atoms with van der Waals surface area (Å²) in [6.07, 6.45) is -3.02. The van der Waals surface area contributed by atoms with Gasteiger partial charge in [0, 0.05) is 0 Å². The number of amides is 1. The van der Waals surface area contributed by atoms with Crippen LogP contribution < -0.4 is 14.8 Å². The fraction of sp³-hybridized carbons (Fsp3) is 0.182. The third-order valence-electron chi connectivity index (χ3n) is 5.01. The number of carbonyl (C=O) groups excluding carboxylic acids is 1. The van der Waals surface area contributed by atoms with Crippen LogP contribution in [-0.2, 0) is 12.7 Å². The van der Waals surface area contributed by atoms with Crippen LogP contribution in [0, 0.1) is 0 Å². The van der Waals surface area contributed by atoms with Crippen LogP contribution in [0.5, 0.6) is 11.5 Å². The topological polar surface area (TPSA) is 78.5 Å². The quantitative estimate of drug-likeness (QED) is 0.494. The van der Waals surface area contributed by atoms with Crippen molar-refractivity contribution in [1.82, 2.24) is 9.55 Å². The van der Waals surface area contributed by atoms with Gasteiger partial charge in [-0.05, 0) is 42.5 Å². The first-order valence-corrected chi connectivity index (χ1v) is 9.70. The zero-order valence-electron chi connectivity index (χ0n) is 16.5. The van der Waals surface area contributed by atoms with Crippen molar-refractivity contribution in [3.63, 3.8) is 0 Å². The van der Waals surface area contributed by atoms with E-state index in [-0.39, 0.29) is 23.6 Å². The van der Waals surface area contributed by atoms with Gasteiger partial charge in [0.05, 0.1) is 35.0 Å². The first-order valence-electron chi connectivity index (χ1n) is 9.70. The van der Waals surface area contributed by atoms with Crippen LogP contribution in [0.15, 0.2) is 59.2 Å². The lowest BCUT2D eigenvalue weighted by atomic mass is 10.1. The molecule has 32 heavy (non-hydrogen) atoms. The highest BCUT2D eigenvalue weighted by Crippen LogP contribution is 2.35. The molecule has 4 aromatic rings. The van der Waals surface area contributed by atoms with Crippen molar-refractivity contribution in [1.29, 1.82) is 0 Å². The Balaban J connectivity index is 1.55. The van der Waals surface area contributed by atoms with Crippen LogP contribution in [-0.4, -0.2) is 28.7 Å². The number of benzene rings is 2. The van der Waals surface area contributed by atoms with Crippen molar-refractivity contribution in [2.24, 2.45) is 0 Å². The average molecular weight is 443 g/mol. The number of ether oxygens (including phenoxy) is 2. The predicted molar refractivity (Wildman–Crippen MR) is 108 cm³/mol.